The highest BCUT2D eigenvalue weighted by Crippen LogP contribution is 2.45. The number of hydrogen-bond acceptors (Lipinski definition) is 1. The second-order valence-corrected chi connectivity index (χ2v) is 4.83. The maximum absolute atomic E-state index is 10.0. The summed E-state index contributed by atoms with van der Waals surface area (Å²) in [6.45, 7) is 4.54. The Morgan fingerprint density at radius 3 is 2.85 bits per heavy atom. The van der Waals surface area contributed by atoms with E-state index in [0.29, 0.717) is 11.8 Å². The molecule has 1 fully saturated rings. The van der Waals surface area contributed by atoms with E-state index >= 15 is 0 Å². The lowest BCUT2D eigenvalue weighted by Gasteiger charge is -2.26. The normalized spacial score (nSPS) is 45.3. The Balaban J connectivity index is 2.23. The first-order valence-corrected chi connectivity index (χ1v) is 5.55. The van der Waals surface area contributed by atoms with Gasteiger partial charge in [-0.05, 0) is 50.4 Å². The predicted octanol–water partition coefficient (Wildman–Crippen LogP) is 2.75. The van der Waals surface area contributed by atoms with E-state index in [1.807, 2.05) is 0 Å². The maximum atomic E-state index is 10.0. The fourth-order valence-electron chi connectivity index (χ4n) is 3.23. The minimum Gasteiger partial charge on any atom is -0.393 e. The molecule has 0 aromatic rings. The van der Waals surface area contributed by atoms with Crippen LogP contribution in [0.5, 0.6) is 0 Å². The van der Waals surface area contributed by atoms with Crippen molar-refractivity contribution in [3.05, 3.63) is 11.6 Å². The van der Waals surface area contributed by atoms with Crippen molar-refractivity contribution in [3.63, 3.8) is 0 Å². The molecular weight excluding hydrogens is 160 g/mol. The number of rotatable bonds is 0. The van der Waals surface area contributed by atoms with Gasteiger partial charge in [-0.25, -0.2) is 0 Å². The zero-order valence-electron chi connectivity index (χ0n) is 8.66. The molecule has 1 heteroatoms. The molecule has 0 unspecified atom stereocenters. The van der Waals surface area contributed by atoms with Crippen molar-refractivity contribution < 1.29 is 5.11 Å². The van der Waals surface area contributed by atoms with Crippen LogP contribution in [0.1, 0.15) is 39.5 Å². The van der Waals surface area contributed by atoms with E-state index in [0.717, 1.165) is 18.8 Å². The summed E-state index contributed by atoms with van der Waals surface area (Å²) in [5.41, 5.74) is 1.53. The van der Waals surface area contributed by atoms with Gasteiger partial charge < -0.3 is 5.11 Å². The Morgan fingerprint density at radius 2 is 2.08 bits per heavy atom. The lowest BCUT2D eigenvalue weighted by Crippen LogP contribution is -2.27. The van der Waals surface area contributed by atoms with Crippen molar-refractivity contribution in [3.8, 4) is 0 Å². The summed E-state index contributed by atoms with van der Waals surface area (Å²) >= 11 is 0. The van der Waals surface area contributed by atoms with E-state index in [9.17, 15) is 5.11 Å². The van der Waals surface area contributed by atoms with Crippen molar-refractivity contribution in [2.45, 2.75) is 45.6 Å². The molecule has 0 spiro atoms. The Morgan fingerprint density at radius 1 is 1.31 bits per heavy atom. The van der Waals surface area contributed by atoms with Crippen LogP contribution in [0, 0.1) is 17.8 Å². The summed E-state index contributed by atoms with van der Waals surface area (Å²) in [6, 6.07) is 0. The predicted molar refractivity (Wildman–Crippen MR) is 54.4 cm³/mol. The molecule has 0 aromatic heterocycles. The summed E-state index contributed by atoms with van der Waals surface area (Å²) in [4.78, 5) is 0. The van der Waals surface area contributed by atoms with Crippen molar-refractivity contribution in [2.75, 3.05) is 0 Å². The van der Waals surface area contributed by atoms with Crippen LogP contribution in [0.2, 0.25) is 0 Å². The molecule has 0 aliphatic heterocycles. The van der Waals surface area contributed by atoms with Crippen LogP contribution >= 0.6 is 0 Å². The minimum atomic E-state index is -0.0452. The van der Waals surface area contributed by atoms with Crippen LogP contribution in [-0.2, 0) is 0 Å². The topological polar surface area (TPSA) is 20.2 Å². The summed E-state index contributed by atoms with van der Waals surface area (Å²) in [5.74, 6) is 1.97. The van der Waals surface area contributed by atoms with E-state index in [4.69, 9.17) is 0 Å². The van der Waals surface area contributed by atoms with Gasteiger partial charge in [0.05, 0.1) is 6.10 Å². The van der Waals surface area contributed by atoms with Crippen molar-refractivity contribution in [2.24, 2.45) is 17.8 Å². The van der Waals surface area contributed by atoms with Crippen molar-refractivity contribution in [1.29, 1.82) is 0 Å². The average molecular weight is 180 g/mol. The number of allylic oxidation sites excluding steroid dienone is 2. The van der Waals surface area contributed by atoms with Gasteiger partial charge in [0.1, 0.15) is 0 Å². The molecule has 13 heavy (non-hydrogen) atoms. The smallest absolute Gasteiger partial charge is 0.0579 e. The number of aliphatic hydroxyl groups is 1. The van der Waals surface area contributed by atoms with Gasteiger partial charge in [-0.15, -0.1) is 0 Å². The molecule has 0 heterocycles. The highest BCUT2D eigenvalue weighted by molar-refractivity contribution is 5.12. The Bertz CT molecular complexity index is 219. The third-order valence-electron chi connectivity index (χ3n) is 4.01. The third kappa shape index (κ3) is 1.54. The molecule has 0 saturated heterocycles. The first-order valence-electron chi connectivity index (χ1n) is 5.55. The Labute approximate surface area is 80.8 Å². The molecule has 0 aromatic carbocycles. The van der Waals surface area contributed by atoms with Crippen LogP contribution in [-0.4, -0.2) is 11.2 Å². The average Bonchev–Trinajstić information content (AvgIpc) is 2.40. The SMILES string of the molecule is CC1=CCC[C@@H](O)[C@@H]2[C@@H]1CC[C@@H]2C. The van der Waals surface area contributed by atoms with E-state index < -0.39 is 0 Å². The minimum absolute atomic E-state index is 0.0452. The van der Waals surface area contributed by atoms with Crippen molar-refractivity contribution in [1.82, 2.24) is 0 Å². The number of hydrogen-bond donors (Lipinski definition) is 1. The van der Waals surface area contributed by atoms with Gasteiger partial charge in [-0.3, -0.25) is 0 Å². The van der Waals surface area contributed by atoms with Gasteiger partial charge in [-0.2, -0.15) is 0 Å². The van der Waals surface area contributed by atoms with E-state index in [1.165, 1.54) is 18.4 Å². The van der Waals surface area contributed by atoms with E-state index in [2.05, 4.69) is 19.9 Å². The van der Waals surface area contributed by atoms with Gasteiger partial charge >= 0.3 is 0 Å². The standard InChI is InChI=1S/C12H20O/c1-8-4-3-5-11(13)12-9(2)6-7-10(8)12/h4,9-13H,3,5-7H2,1-2H3/t9-,10+,11+,12-/m0/s1. The summed E-state index contributed by atoms with van der Waals surface area (Å²) in [6.07, 6.45) is 6.95. The summed E-state index contributed by atoms with van der Waals surface area (Å²) in [7, 11) is 0. The second kappa shape index (κ2) is 3.45. The first-order chi connectivity index (χ1) is 6.20. The highest BCUT2D eigenvalue weighted by Gasteiger charge is 2.39. The van der Waals surface area contributed by atoms with Gasteiger partial charge in [0, 0.05) is 0 Å². The van der Waals surface area contributed by atoms with Crippen LogP contribution in [0.3, 0.4) is 0 Å². The van der Waals surface area contributed by atoms with Gasteiger partial charge in [-0.1, -0.05) is 18.6 Å². The summed E-state index contributed by atoms with van der Waals surface area (Å²) < 4.78 is 0. The number of fused-ring (bicyclic) bond motifs is 1. The molecule has 1 saturated carbocycles. The fourth-order valence-corrected chi connectivity index (χ4v) is 3.23. The molecular formula is C12H20O. The number of aliphatic hydroxyl groups excluding tert-OH is 1. The van der Waals surface area contributed by atoms with E-state index in [-0.39, 0.29) is 6.10 Å². The van der Waals surface area contributed by atoms with Crippen LogP contribution in [0.4, 0.5) is 0 Å². The van der Waals surface area contributed by atoms with Gasteiger partial charge in [0.2, 0.25) is 0 Å². The van der Waals surface area contributed by atoms with Crippen LogP contribution in [0.15, 0.2) is 11.6 Å². The Kier molecular flexibility index (Phi) is 2.46. The lowest BCUT2D eigenvalue weighted by molar-refractivity contribution is 0.0697. The molecule has 1 nitrogen and oxygen atoms in total. The van der Waals surface area contributed by atoms with Crippen LogP contribution in [0.25, 0.3) is 0 Å². The van der Waals surface area contributed by atoms with Gasteiger partial charge in [0.15, 0.2) is 0 Å². The molecule has 0 radical (unpaired) electrons. The third-order valence-corrected chi connectivity index (χ3v) is 4.01. The first kappa shape index (κ1) is 9.26. The zero-order valence-corrected chi connectivity index (χ0v) is 8.66. The lowest BCUT2D eigenvalue weighted by atomic mass is 9.82. The molecule has 2 aliphatic rings. The molecule has 4 atom stereocenters. The molecule has 0 amide bonds. The van der Waals surface area contributed by atoms with Crippen LogP contribution < -0.4 is 0 Å². The Hall–Kier alpha value is -0.300. The highest BCUT2D eigenvalue weighted by atomic mass is 16.3. The van der Waals surface area contributed by atoms with Gasteiger partial charge in [0.25, 0.3) is 0 Å². The maximum Gasteiger partial charge on any atom is 0.0579 e. The molecule has 2 aliphatic carbocycles. The van der Waals surface area contributed by atoms with E-state index in [1.54, 1.807) is 0 Å². The summed E-state index contributed by atoms with van der Waals surface area (Å²) in [5, 5.41) is 10.0. The molecule has 2 rings (SSSR count). The molecule has 1 N–H and O–H groups in total. The monoisotopic (exact) mass is 180 g/mol. The quantitative estimate of drug-likeness (QED) is 0.568. The molecule has 0 bridgehead atoms. The zero-order chi connectivity index (χ0) is 9.42. The molecule has 74 valence electrons. The van der Waals surface area contributed by atoms with Crippen molar-refractivity contribution >= 4 is 0 Å². The largest absolute Gasteiger partial charge is 0.393 e. The fraction of sp³-hybridized carbons (Fsp3) is 0.833. The second-order valence-electron chi connectivity index (χ2n) is 4.83.